The number of fused-ring (bicyclic) bond motifs is 1. The summed E-state index contributed by atoms with van der Waals surface area (Å²) in [7, 11) is 0. The van der Waals surface area contributed by atoms with Crippen LogP contribution in [0.15, 0.2) is 72.8 Å². The third kappa shape index (κ3) is 10.3. The fourth-order valence-electron chi connectivity index (χ4n) is 8.23. The number of aliphatic carboxylic acids is 1. The number of likely N-dealkylation sites (tertiary alicyclic amines) is 1. The Hall–Kier alpha value is -4.09. The summed E-state index contributed by atoms with van der Waals surface area (Å²) in [5, 5.41) is 24.7. The van der Waals surface area contributed by atoms with E-state index in [0.717, 1.165) is 52.6 Å². The number of carbonyl (C=O) groups excluding carboxylic acids is 2. The number of piperidine rings is 1. The highest BCUT2D eigenvalue weighted by Gasteiger charge is 2.44. The summed E-state index contributed by atoms with van der Waals surface area (Å²) in [5.41, 5.74) is 5.27. The Morgan fingerprint density at radius 1 is 0.830 bits per heavy atom. The van der Waals surface area contributed by atoms with Gasteiger partial charge in [-0.3, -0.25) is 19.3 Å². The minimum atomic E-state index is -0.998. The van der Waals surface area contributed by atoms with E-state index in [4.69, 9.17) is 14.6 Å². The highest BCUT2D eigenvalue weighted by molar-refractivity contribution is 5.82. The molecule has 0 unspecified atom stereocenters. The van der Waals surface area contributed by atoms with Gasteiger partial charge in [-0.2, -0.15) is 0 Å². The summed E-state index contributed by atoms with van der Waals surface area (Å²) in [5.74, 6) is -0.616. The number of nitrogens with zero attached hydrogens (tertiary/aromatic N) is 1. The quantitative estimate of drug-likeness (QED) is 0.160. The molecule has 4 N–H and O–H groups in total. The predicted octanol–water partition coefficient (Wildman–Crippen LogP) is 6.81. The Kier molecular flexibility index (Phi) is 12.7. The fraction of sp³-hybridized carbons (Fsp3) is 0.512. The zero-order valence-corrected chi connectivity index (χ0v) is 31.3. The topological polar surface area (TPSA) is 137 Å². The number of carboxylic acid groups (broad SMARTS) is 1. The summed E-state index contributed by atoms with van der Waals surface area (Å²) in [6.07, 6.45) is 5.91. The zero-order valence-electron chi connectivity index (χ0n) is 31.3. The van der Waals surface area contributed by atoms with Crippen molar-refractivity contribution in [3.8, 4) is 11.1 Å². The molecule has 2 aliphatic heterocycles. The normalized spacial score (nSPS) is 24.9. The summed E-state index contributed by atoms with van der Waals surface area (Å²) in [6, 6.07) is 24.1. The van der Waals surface area contributed by atoms with Crippen LogP contribution in [0, 0.1) is 5.92 Å². The van der Waals surface area contributed by atoms with E-state index in [1.165, 1.54) is 19.3 Å². The SMILES string of the molecule is CC(C)(C)NC(=O)[C@H]1CC[C@H]2CCCC[C@H]2N1C[C@H]1C[C@@H](c2ccc(CO)cc2)O[C@@H](c2cccc(-c3cccc(CNC(=O)CCC(=O)O)c3)c2)O1. The third-order valence-electron chi connectivity index (χ3n) is 10.8. The second kappa shape index (κ2) is 17.4. The summed E-state index contributed by atoms with van der Waals surface area (Å²) < 4.78 is 13.6. The maximum atomic E-state index is 13.8. The van der Waals surface area contributed by atoms with Crippen molar-refractivity contribution in [3.63, 3.8) is 0 Å². The first-order valence-corrected chi connectivity index (χ1v) is 19.2. The number of hydrogen-bond donors (Lipinski definition) is 4. The molecule has 3 aromatic rings. The van der Waals surface area contributed by atoms with Crippen LogP contribution in [0.3, 0.4) is 0 Å². The Morgan fingerprint density at radius 2 is 1.57 bits per heavy atom. The molecule has 0 radical (unpaired) electrons. The number of benzene rings is 3. The van der Waals surface area contributed by atoms with Crippen LogP contribution in [0.2, 0.25) is 0 Å². The molecule has 0 aromatic heterocycles. The van der Waals surface area contributed by atoms with Crippen LogP contribution in [-0.4, -0.2) is 63.2 Å². The van der Waals surface area contributed by atoms with Crippen molar-refractivity contribution in [2.45, 2.75) is 128 Å². The molecule has 3 fully saturated rings. The standard InChI is InChI=1S/C43H55N3O7/c1-43(2,3)45-41(51)37-19-18-30-9-4-5-13-36(30)46(37)26-35-24-38(31-16-14-28(27-47)15-17-31)53-42(52-35)34-12-7-11-33(23-34)32-10-6-8-29(22-32)25-44-39(48)20-21-40(49)50/h6-8,10-12,14-17,22-23,30,35-38,42,47H,4-5,9,13,18-21,24-27H2,1-3H3,(H,44,48)(H,45,51)(H,49,50)/t30-,35-,36-,37-,38+,42+/m1/s1. The van der Waals surface area contributed by atoms with E-state index in [1.807, 2.05) is 87.5 Å². The van der Waals surface area contributed by atoms with Crippen molar-refractivity contribution in [1.82, 2.24) is 15.5 Å². The number of carboxylic acids is 1. The first-order chi connectivity index (χ1) is 25.5. The van der Waals surface area contributed by atoms with Crippen molar-refractivity contribution >= 4 is 17.8 Å². The van der Waals surface area contributed by atoms with Crippen LogP contribution in [0.4, 0.5) is 0 Å². The second-order valence-corrected chi connectivity index (χ2v) is 16.0. The summed E-state index contributed by atoms with van der Waals surface area (Å²) in [4.78, 5) is 39.3. The van der Waals surface area contributed by atoms with Crippen molar-refractivity contribution < 1.29 is 34.1 Å². The van der Waals surface area contributed by atoms with Crippen molar-refractivity contribution in [1.29, 1.82) is 0 Å². The largest absolute Gasteiger partial charge is 0.481 e. The Bertz CT molecular complexity index is 1720. The predicted molar refractivity (Wildman–Crippen MR) is 202 cm³/mol. The maximum absolute atomic E-state index is 13.8. The van der Waals surface area contributed by atoms with E-state index >= 15 is 0 Å². The van der Waals surface area contributed by atoms with Gasteiger partial charge in [0.25, 0.3) is 0 Å². The van der Waals surface area contributed by atoms with E-state index in [2.05, 4.69) is 21.6 Å². The number of nitrogens with one attached hydrogen (secondary N) is 2. The number of amides is 2. The molecule has 3 aliphatic rings. The number of hydrogen-bond acceptors (Lipinski definition) is 7. The highest BCUT2D eigenvalue weighted by Crippen LogP contribution is 2.42. The van der Waals surface area contributed by atoms with Gasteiger partial charge in [-0.05, 0) is 92.3 Å². The molecule has 6 rings (SSSR count). The minimum absolute atomic E-state index is 0.0270. The second-order valence-electron chi connectivity index (χ2n) is 16.0. The number of aliphatic hydroxyl groups is 1. The average Bonchev–Trinajstić information content (AvgIpc) is 3.15. The van der Waals surface area contributed by atoms with Gasteiger partial charge in [0.05, 0.1) is 31.3 Å². The molecule has 1 saturated carbocycles. The lowest BCUT2D eigenvalue weighted by molar-refractivity contribution is -0.255. The molecule has 2 heterocycles. The molecule has 10 nitrogen and oxygen atoms in total. The number of carbonyl (C=O) groups is 3. The molecule has 2 saturated heterocycles. The van der Waals surface area contributed by atoms with Gasteiger partial charge in [0.1, 0.15) is 0 Å². The van der Waals surface area contributed by atoms with Crippen molar-refractivity contribution in [3.05, 3.63) is 95.1 Å². The Labute approximate surface area is 313 Å². The van der Waals surface area contributed by atoms with E-state index in [1.54, 1.807) is 0 Å². The van der Waals surface area contributed by atoms with Crippen LogP contribution in [0.1, 0.15) is 113 Å². The van der Waals surface area contributed by atoms with Gasteiger partial charge in [-0.25, -0.2) is 0 Å². The Morgan fingerprint density at radius 3 is 2.30 bits per heavy atom. The Balaban J connectivity index is 1.25. The van der Waals surface area contributed by atoms with Crippen molar-refractivity contribution in [2.75, 3.05) is 6.54 Å². The average molecular weight is 726 g/mol. The molecule has 6 atom stereocenters. The molecule has 0 bridgehead atoms. The highest BCUT2D eigenvalue weighted by atomic mass is 16.7. The van der Waals surface area contributed by atoms with Crippen LogP contribution >= 0.6 is 0 Å². The molecule has 53 heavy (non-hydrogen) atoms. The molecular formula is C43H55N3O7. The van der Waals surface area contributed by atoms with Gasteiger partial charge in [0, 0.05) is 43.1 Å². The first-order valence-electron chi connectivity index (χ1n) is 19.2. The fourth-order valence-corrected chi connectivity index (χ4v) is 8.23. The van der Waals surface area contributed by atoms with Gasteiger partial charge in [0.15, 0.2) is 6.29 Å². The minimum Gasteiger partial charge on any atom is -0.481 e. The van der Waals surface area contributed by atoms with Crippen LogP contribution < -0.4 is 10.6 Å². The zero-order chi connectivity index (χ0) is 37.5. The molecule has 0 spiro atoms. The summed E-state index contributed by atoms with van der Waals surface area (Å²) in [6.45, 7) is 7.01. The summed E-state index contributed by atoms with van der Waals surface area (Å²) >= 11 is 0. The monoisotopic (exact) mass is 725 g/mol. The molecule has 284 valence electrons. The molecule has 3 aromatic carbocycles. The third-order valence-corrected chi connectivity index (χ3v) is 10.8. The number of ether oxygens (including phenoxy) is 2. The van der Waals surface area contributed by atoms with E-state index < -0.39 is 12.3 Å². The van der Waals surface area contributed by atoms with Crippen molar-refractivity contribution in [2.24, 2.45) is 5.92 Å². The van der Waals surface area contributed by atoms with Gasteiger partial charge in [-0.1, -0.05) is 73.5 Å². The lowest BCUT2D eigenvalue weighted by Crippen LogP contribution is -2.61. The number of aliphatic hydroxyl groups excluding tert-OH is 1. The molecule has 1 aliphatic carbocycles. The molecule has 2 amide bonds. The van der Waals surface area contributed by atoms with Gasteiger partial charge in [-0.15, -0.1) is 0 Å². The lowest BCUT2D eigenvalue weighted by atomic mass is 9.75. The molecular weight excluding hydrogens is 670 g/mol. The molecule has 10 heteroatoms. The van der Waals surface area contributed by atoms with E-state index in [-0.39, 0.29) is 55.1 Å². The van der Waals surface area contributed by atoms with Gasteiger partial charge in [0.2, 0.25) is 11.8 Å². The van der Waals surface area contributed by atoms with E-state index in [0.29, 0.717) is 31.5 Å². The van der Waals surface area contributed by atoms with Gasteiger partial charge >= 0.3 is 5.97 Å². The first kappa shape index (κ1) is 38.6. The van der Waals surface area contributed by atoms with Crippen LogP contribution in [0.5, 0.6) is 0 Å². The maximum Gasteiger partial charge on any atom is 0.303 e. The lowest BCUT2D eigenvalue weighted by Gasteiger charge is -2.50. The van der Waals surface area contributed by atoms with E-state index in [9.17, 15) is 19.5 Å². The number of rotatable bonds is 12. The smallest absolute Gasteiger partial charge is 0.303 e. The van der Waals surface area contributed by atoms with Crippen LogP contribution in [-0.2, 0) is 37.0 Å². The van der Waals surface area contributed by atoms with Gasteiger partial charge < -0.3 is 30.3 Å². The van der Waals surface area contributed by atoms with Crippen LogP contribution in [0.25, 0.3) is 11.1 Å².